The molecule has 0 unspecified atom stereocenters. The largest absolute Gasteiger partial charge is 0.460 e. The zero-order valence-electron chi connectivity index (χ0n) is 23.4. The molecule has 0 aromatic carbocycles. The number of rotatable bonds is 16. The van der Waals surface area contributed by atoms with Crippen molar-refractivity contribution in [1.82, 2.24) is 0 Å². The molecule has 0 aromatic rings. The summed E-state index contributed by atoms with van der Waals surface area (Å²) in [5.41, 5.74) is 0. The maximum Gasteiger partial charge on any atom is 0.460 e. The van der Waals surface area contributed by atoms with Gasteiger partial charge in [-0.25, -0.2) is 0 Å². The molecule has 0 aromatic heterocycles. The molecule has 0 N–H and O–H groups in total. The van der Waals surface area contributed by atoms with Crippen LogP contribution in [0.25, 0.3) is 0 Å². The zero-order valence-corrected chi connectivity index (χ0v) is 23.4. The van der Waals surface area contributed by atoms with Crippen molar-refractivity contribution in [3.63, 3.8) is 0 Å². The maximum absolute atomic E-state index is 13.8. The molecule has 0 rings (SSSR count). The Kier molecular flexibility index (Phi) is 11.9. The summed E-state index contributed by atoms with van der Waals surface area (Å²) in [5, 5.41) is 9.72. The summed E-state index contributed by atoms with van der Waals surface area (Å²) >= 11 is 0. The third kappa shape index (κ3) is 5.76. The normalized spacial score (nSPS) is 17.5. The van der Waals surface area contributed by atoms with Gasteiger partial charge in [0, 0.05) is 0 Å². The van der Waals surface area contributed by atoms with E-state index in [9.17, 15) is 168 Å². The maximum atomic E-state index is 13.8. The molecule has 0 atom stereocenters. The number of hydrogen-bond acceptors (Lipinski definition) is 0. The van der Waals surface area contributed by atoms with E-state index < -0.39 is 107 Å². The van der Waals surface area contributed by atoms with E-state index in [-0.39, 0.29) is 0 Å². The van der Waals surface area contributed by atoms with Crippen LogP contribution in [0.3, 0.4) is 0 Å². The molecule has 0 aliphatic rings. The van der Waals surface area contributed by atoms with E-state index in [1.807, 2.05) is 0 Å². The van der Waals surface area contributed by atoms with E-state index in [2.05, 4.69) is 0 Å². The molecular formula is C18F37O. The molecule has 1 radical (unpaired) electrons. The Morgan fingerprint density at radius 3 is 0.321 bits per heavy atom. The molecule has 1 nitrogen and oxygen atoms in total. The molecule has 0 saturated heterocycles. The molecule has 0 bridgehead atoms. The van der Waals surface area contributed by atoms with Crippen LogP contribution < -0.4 is 0 Å². The molecule has 0 saturated carbocycles. The molecular weight excluding hydrogens is 935 g/mol. The Morgan fingerprint density at radius 1 is 0.143 bits per heavy atom. The zero-order chi connectivity index (χ0) is 47.0. The first-order valence-electron chi connectivity index (χ1n) is 11.4. The molecule has 38 heteroatoms. The van der Waals surface area contributed by atoms with Crippen LogP contribution in [0.2, 0.25) is 0 Å². The first-order valence-corrected chi connectivity index (χ1v) is 11.4. The van der Waals surface area contributed by atoms with E-state index >= 15 is 0 Å². The third-order valence-corrected chi connectivity index (χ3v) is 6.64. The molecule has 0 aliphatic carbocycles. The van der Waals surface area contributed by atoms with Gasteiger partial charge in [-0.05, 0) is 0 Å². The van der Waals surface area contributed by atoms with Gasteiger partial charge in [-0.3, -0.25) is 0 Å². The average Bonchev–Trinajstić information content (AvgIpc) is 2.94. The molecule has 337 valence electrons. The summed E-state index contributed by atoms with van der Waals surface area (Å²) in [4.78, 5) is 0. The lowest BCUT2D eigenvalue weighted by Gasteiger charge is -2.47. The van der Waals surface area contributed by atoms with Crippen LogP contribution in [0.5, 0.6) is 0 Å². The Labute approximate surface area is 276 Å². The van der Waals surface area contributed by atoms with Crippen molar-refractivity contribution in [3.05, 3.63) is 0 Å². The minimum absolute atomic E-state index is 8.22. The van der Waals surface area contributed by atoms with E-state index in [1.54, 1.807) is 0 Å². The van der Waals surface area contributed by atoms with Gasteiger partial charge in [-0.2, -0.15) is 168 Å². The smallest absolute Gasteiger partial charge is 0.192 e. The number of halogens is 37. The van der Waals surface area contributed by atoms with E-state index in [0.717, 1.165) is 0 Å². The van der Waals surface area contributed by atoms with Crippen LogP contribution in [0, 0.1) is 0 Å². The highest BCUT2D eigenvalue weighted by Crippen LogP contribution is 2.70. The van der Waals surface area contributed by atoms with Gasteiger partial charge in [0.15, 0.2) is 0 Å². The second-order valence-corrected chi connectivity index (χ2v) is 10.2. The molecule has 0 heterocycles. The molecule has 0 amide bonds. The summed E-state index contributed by atoms with van der Waals surface area (Å²) in [6.07, 6.45) is -16.7. The van der Waals surface area contributed by atoms with Crippen molar-refractivity contribution in [2.45, 2.75) is 107 Å². The summed E-state index contributed by atoms with van der Waals surface area (Å²) in [7, 11) is 0. The highest BCUT2D eigenvalue weighted by atomic mass is 19.4. The van der Waals surface area contributed by atoms with Crippen molar-refractivity contribution < 1.29 is 168 Å². The summed E-state index contributed by atoms with van der Waals surface area (Å²) in [5.74, 6) is -159. The van der Waals surface area contributed by atoms with Gasteiger partial charge in [0.25, 0.3) is 0 Å². The highest BCUT2D eigenvalue weighted by molar-refractivity contribution is 5.22. The number of alkyl halides is 37. The summed E-state index contributed by atoms with van der Waals surface area (Å²) in [6, 6.07) is 0. The van der Waals surface area contributed by atoms with Crippen LogP contribution in [-0.4, -0.2) is 107 Å². The molecule has 0 aliphatic heterocycles. The topological polar surface area (TPSA) is 19.9 Å². The monoisotopic (exact) mass is 935 g/mol. The van der Waals surface area contributed by atoms with Gasteiger partial charge in [0.1, 0.15) is 0 Å². The molecule has 0 spiro atoms. The van der Waals surface area contributed by atoms with Crippen molar-refractivity contribution in [2.75, 3.05) is 0 Å². The quantitative estimate of drug-likeness (QED) is 0.137. The van der Waals surface area contributed by atoms with Crippen LogP contribution >= 0.6 is 0 Å². The van der Waals surface area contributed by atoms with Gasteiger partial charge >= 0.3 is 107 Å². The summed E-state index contributed by atoms with van der Waals surface area (Å²) < 4.78 is 492. The van der Waals surface area contributed by atoms with Crippen LogP contribution in [0.4, 0.5) is 162 Å². The van der Waals surface area contributed by atoms with Crippen molar-refractivity contribution in [3.8, 4) is 0 Å². The Morgan fingerprint density at radius 2 is 0.232 bits per heavy atom. The van der Waals surface area contributed by atoms with Crippen molar-refractivity contribution in [1.29, 1.82) is 0 Å². The first kappa shape index (κ1) is 53.4. The lowest BCUT2D eigenvalue weighted by Crippen LogP contribution is -2.80. The van der Waals surface area contributed by atoms with Gasteiger partial charge < -0.3 is 0 Å². The Balaban J connectivity index is 7.85. The standard InChI is InChI=1S/C18F37O/c19-1(20,3(23,24)5(27,28)7(31,32)9(35,36)11(39,40)13(43,44)15(47,48)17(51,52)53)2(21,22)4(25,26)6(29,30)8(33,34)10(37,38)12(41,42)14(45,46)16(49,50)18(54,55)56. The minimum atomic E-state index is -10.4. The van der Waals surface area contributed by atoms with Crippen molar-refractivity contribution in [2.24, 2.45) is 0 Å². The Hall–Kier alpha value is -2.63. The van der Waals surface area contributed by atoms with Crippen LogP contribution in [0.1, 0.15) is 0 Å². The third-order valence-electron chi connectivity index (χ3n) is 6.64. The fraction of sp³-hybridized carbons (Fsp3) is 1.00. The fourth-order valence-electron chi connectivity index (χ4n) is 3.12. The van der Waals surface area contributed by atoms with E-state index in [0.29, 0.717) is 0 Å². The van der Waals surface area contributed by atoms with Gasteiger partial charge in [-0.1, -0.05) is 0 Å². The number of hydrogen-bond donors (Lipinski definition) is 0. The fourth-order valence-corrected chi connectivity index (χ4v) is 3.12. The molecule has 56 heavy (non-hydrogen) atoms. The lowest BCUT2D eigenvalue weighted by atomic mass is 9.82. The second-order valence-electron chi connectivity index (χ2n) is 10.2. The predicted octanol–water partition coefficient (Wildman–Crippen LogP) is 11.7. The van der Waals surface area contributed by atoms with Gasteiger partial charge in [-0.15, -0.1) is 0 Å². The van der Waals surface area contributed by atoms with Crippen LogP contribution in [-0.2, 0) is 5.11 Å². The predicted molar refractivity (Wildman–Crippen MR) is 90.8 cm³/mol. The van der Waals surface area contributed by atoms with Gasteiger partial charge in [0.2, 0.25) is 0 Å². The van der Waals surface area contributed by atoms with Crippen LogP contribution in [0.15, 0.2) is 0 Å². The minimum Gasteiger partial charge on any atom is -0.192 e. The average molecular weight is 935 g/mol. The lowest BCUT2D eigenvalue weighted by molar-refractivity contribution is -0.497. The summed E-state index contributed by atoms with van der Waals surface area (Å²) in [6.45, 7) is 0. The highest BCUT2D eigenvalue weighted by Gasteiger charge is 3.02. The Bertz CT molecular complexity index is 1330. The molecule has 0 fully saturated rings. The first-order chi connectivity index (χ1) is 23.2. The SMILES string of the molecule is [O]C(F)(F)C(F)(F)C(F)(F)C(F)(F)C(F)(F)C(F)(F)C(F)(F)C(F)(F)C(F)(F)C(F)(F)C(F)(F)C(F)(F)C(F)(F)C(F)(F)C(F)(F)C(F)(F)C(F)(F)C(F)(F)F. The second kappa shape index (κ2) is 12.4. The van der Waals surface area contributed by atoms with E-state index in [4.69, 9.17) is 0 Å². The van der Waals surface area contributed by atoms with Crippen molar-refractivity contribution >= 4 is 0 Å². The van der Waals surface area contributed by atoms with Gasteiger partial charge in [0.05, 0.1) is 0 Å². The van der Waals surface area contributed by atoms with E-state index in [1.165, 1.54) is 0 Å².